The molecule has 3 amide bonds. The van der Waals surface area contributed by atoms with Crippen LogP contribution < -0.4 is 10.6 Å². The lowest BCUT2D eigenvalue weighted by molar-refractivity contribution is -0.137. The number of piperidine rings is 1. The zero-order chi connectivity index (χ0) is 15.0. The van der Waals surface area contributed by atoms with Gasteiger partial charge in [0.2, 0.25) is 5.91 Å². The molecule has 1 saturated heterocycles. The molecule has 1 heterocycles. The minimum atomic E-state index is -0.738. The molecule has 0 aliphatic carbocycles. The Hall–Kier alpha value is -1.63. The molecule has 7 heteroatoms. The molecule has 0 spiro atoms. The monoisotopic (exact) mass is 285 g/mol. The SMILES string of the molecule is CNC(=O)NC(=O)CCN1CCC(CCC(=O)O)CC1. The van der Waals surface area contributed by atoms with Crippen LogP contribution in [0.5, 0.6) is 0 Å². The van der Waals surface area contributed by atoms with Gasteiger partial charge in [0, 0.05) is 26.4 Å². The van der Waals surface area contributed by atoms with Crippen LogP contribution in [0.3, 0.4) is 0 Å². The van der Waals surface area contributed by atoms with Crippen LogP contribution in [0.15, 0.2) is 0 Å². The van der Waals surface area contributed by atoms with Crippen molar-refractivity contribution in [2.45, 2.75) is 32.1 Å². The summed E-state index contributed by atoms with van der Waals surface area (Å²) in [6.45, 7) is 2.41. The predicted octanol–water partition coefficient (Wildman–Crippen LogP) is 0.409. The van der Waals surface area contributed by atoms with Crippen molar-refractivity contribution in [1.82, 2.24) is 15.5 Å². The second-order valence-corrected chi connectivity index (χ2v) is 5.09. The number of amides is 3. The minimum absolute atomic E-state index is 0.235. The molecule has 114 valence electrons. The minimum Gasteiger partial charge on any atom is -0.481 e. The van der Waals surface area contributed by atoms with Crippen molar-refractivity contribution in [3.05, 3.63) is 0 Å². The number of likely N-dealkylation sites (tertiary alicyclic amines) is 1. The van der Waals surface area contributed by atoms with Gasteiger partial charge < -0.3 is 15.3 Å². The Morgan fingerprint density at radius 2 is 1.85 bits per heavy atom. The standard InChI is InChI=1S/C13H23N3O4/c1-14-13(20)15-11(17)6-9-16-7-4-10(5-8-16)2-3-12(18)19/h10H,2-9H2,1H3,(H,18,19)(H2,14,15,17,20). The Bertz CT molecular complexity index is 352. The fourth-order valence-electron chi connectivity index (χ4n) is 2.34. The summed E-state index contributed by atoms with van der Waals surface area (Å²) in [6.07, 6.45) is 3.22. The van der Waals surface area contributed by atoms with E-state index in [1.807, 2.05) is 0 Å². The van der Waals surface area contributed by atoms with Crippen molar-refractivity contribution < 1.29 is 19.5 Å². The Morgan fingerprint density at radius 1 is 1.20 bits per heavy atom. The molecule has 0 aromatic heterocycles. The molecule has 0 radical (unpaired) electrons. The first kappa shape index (κ1) is 16.4. The molecule has 0 bridgehead atoms. The number of nitrogens with one attached hydrogen (secondary N) is 2. The average molecular weight is 285 g/mol. The molecular weight excluding hydrogens is 262 g/mol. The van der Waals surface area contributed by atoms with E-state index in [4.69, 9.17) is 5.11 Å². The normalized spacial score (nSPS) is 16.6. The van der Waals surface area contributed by atoms with Crippen molar-refractivity contribution in [3.63, 3.8) is 0 Å². The van der Waals surface area contributed by atoms with E-state index in [9.17, 15) is 14.4 Å². The van der Waals surface area contributed by atoms with E-state index in [0.29, 0.717) is 18.9 Å². The number of rotatable bonds is 6. The summed E-state index contributed by atoms with van der Waals surface area (Å²) < 4.78 is 0. The van der Waals surface area contributed by atoms with Gasteiger partial charge in [-0.2, -0.15) is 0 Å². The van der Waals surface area contributed by atoms with Crippen LogP contribution in [0.1, 0.15) is 32.1 Å². The van der Waals surface area contributed by atoms with E-state index in [-0.39, 0.29) is 12.3 Å². The van der Waals surface area contributed by atoms with Crippen LogP contribution in [0.2, 0.25) is 0 Å². The molecule has 20 heavy (non-hydrogen) atoms. The average Bonchev–Trinajstić information content (AvgIpc) is 2.43. The van der Waals surface area contributed by atoms with Gasteiger partial charge in [-0.1, -0.05) is 0 Å². The lowest BCUT2D eigenvalue weighted by Gasteiger charge is -2.31. The highest BCUT2D eigenvalue weighted by Gasteiger charge is 2.20. The van der Waals surface area contributed by atoms with Crippen LogP contribution >= 0.6 is 0 Å². The molecule has 7 nitrogen and oxygen atoms in total. The van der Waals surface area contributed by atoms with Gasteiger partial charge in [0.15, 0.2) is 0 Å². The quantitative estimate of drug-likeness (QED) is 0.656. The molecule has 1 aliphatic heterocycles. The Morgan fingerprint density at radius 3 is 2.40 bits per heavy atom. The first-order valence-electron chi connectivity index (χ1n) is 6.97. The predicted molar refractivity (Wildman–Crippen MR) is 73.2 cm³/mol. The van der Waals surface area contributed by atoms with E-state index in [1.165, 1.54) is 7.05 Å². The van der Waals surface area contributed by atoms with E-state index < -0.39 is 12.0 Å². The summed E-state index contributed by atoms with van der Waals surface area (Å²) in [5.41, 5.74) is 0. The molecular formula is C13H23N3O4. The third-order valence-corrected chi connectivity index (χ3v) is 3.61. The van der Waals surface area contributed by atoms with Crippen LogP contribution in [0.25, 0.3) is 0 Å². The molecule has 0 aromatic carbocycles. The van der Waals surface area contributed by atoms with Crippen molar-refractivity contribution in [3.8, 4) is 0 Å². The second-order valence-electron chi connectivity index (χ2n) is 5.09. The zero-order valence-electron chi connectivity index (χ0n) is 11.9. The van der Waals surface area contributed by atoms with E-state index in [2.05, 4.69) is 15.5 Å². The zero-order valence-corrected chi connectivity index (χ0v) is 11.9. The van der Waals surface area contributed by atoms with E-state index >= 15 is 0 Å². The highest BCUT2D eigenvalue weighted by molar-refractivity contribution is 5.94. The van der Waals surface area contributed by atoms with Gasteiger partial charge in [0.05, 0.1) is 0 Å². The largest absolute Gasteiger partial charge is 0.481 e. The first-order valence-corrected chi connectivity index (χ1v) is 6.97. The maximum absolute atomic E-state index is 11.4. The molecule has 0 atom stereocenters. The van der Waals surface area contributed by atoms with Crippen molar-refractivity contribution in [1.29, 1.82) is 0 Å². The van der Waals surface area contributed by atoms with Crippen molar-refractivity contribution in [2.24, 2.45) is 5.92 Å². The number of imide groups is 1. The maximum Gasteiger partial charge on any atom is 0.321 e. The number of carbonyl (C=O) groups is 3. The fourth-order valence-corrected chi connectivity index (χ4v) is 2.34. The van der Waals surface area contributed by atoms with Crippen molar-refractivity contribution >= 4 is 17.9 Å². The number of carbonyl (C=O) groups excluding carboxylic acids is 2. The van der Waals surface area contributed by atoms with Crippen molar-refractivity contribution in [2.75, 3.05) is 26.7 Å². The molecule has 1 rings (SSSR count). The molecule has 1 aliphatic rings. The number of carboxylic acids is 1. The van der Waals surface area contributed by atoms with E-state index in [1.54, 1.807) is 0 Å². The Kier molecular flexibility index (Phi) is 7.00. The van der Waals surface area contributed by atoms with Gasteiger partial charge in [-0.3, -0.25) is 14.9 Å². The number of hydrogen-bond donors (Lipinski definition) is 3. The van der Waals surface area contributed by atoms with Crippen LogP contribution in [-0.2, 0) is 9.59 Å². The maximum atomic E-state index is 11.4. The van der Waals surface area contributed by atoms with Gasteiger partial charge in [-0.15, -0.1) is 0 Å². The molecule has 1 fully saturated rings. The van der Waals surface area contributed by atoms with Gasteiger partial charge in [0.1, 0.15) is 0 Å². The van der Waals surface area contributed by atoms with Crippen LogP contribution in [0.4, 0.5) is 4.79 Å². The second kappa shape index (κ2) is 8.52. The van der Waals surface area contributed by atoms with Gasteiger partial charge >= 0.3 is 12.0 Å². The fraction of sp³-hybridized carbons (Fsp3) is 0.769. The first-order chi connectivity index (χ1) is 9.51. The highest BCUT2D eigenvalue weighted by Crippen LogP contribution is 2.21. The number of carboxylic acid groups (broad SMARTS) is 1. The van der Waals surface area contributed by atoms with Crippen LogP contribution in [0, 0.1) is 5.92 Å². The number of aliphatic carboxylic acids is 1. The van der Waals surface area contributed by atoms with Crippen LogP contribution in [-0.4, -0.2) is 54.6 Å². The van der Waals surface area contributed by atoms with Gasteiger partial charge in [0.25, 0.3) is 0 Å². The lowest BCUT2D eigenvalue weighted by Crippen LogP contribution is -2.40. The molecule has 0 saturated carbocycles. The summed E-state index contributed by atoms with van der Waals surface area (Å²) in [7, 11) is 1.46. The molecule has 0 aromatic rings. The Balaban J connectivity index is 2.14. The third kappa shape index (κ3) is 6.51. The molecule has 3 N–H and O–H groups in total. The summed E-state index contributed by atoms with van der Waals surface area (Å²) >= 11 is 0. The third-order valence-electron chi connectivity index (χ3n) is 3.61. The summed E-state index contributed by atoms with van der Waals surface area (Å²) in [5, 5.41) is 13.2. The topological polar surface area (TPSA) is 98.7 Å². The summed E-state index contributed by atoms with van der Waals surface area (Å²) in [5.74, 6) is -0.544. The van der Waals surface area contributed by atoms with Gasteiger partial charge in [-0.25, -0.2) is 4.79 Å². The number of urea groups is 1. The number of hydrogen-bond acceptors (Lipinski definition) is 4. The molecule has 0 unspecified atom stereocenters. The summed E-state index contributed by atoms with van der Waals surface area (Å²) in [4.78, 5) is 35.1. The number of nitrogens with zero attached hydrogens (tertiary/aromatic N) is 1. The van der Waals surface area contributed by atoms with E-state index in [0.717, 1.165) is 32.4 Å². The summed E-state index contributed by atoms with van der Waals surface area (Å²) in [6, 6.07) is -0.484. The lowest BCUT2D eigenvalue weighted by atomic mass is 9.92. The van der Waals surface area contributed by atoms with Gasteiger partial charge in [-0.05, 0) is 38.3 Å². The Labute approximate surface area is 118 Å². The highest BCUT2D eigenvalue weighted by atomic mass is 16.4. The smallest absolute Gasteiger partial charge is 0.321 e.